The van der Waals surface area contributed by atoms with Crippen molar-refractivity contribution in [3.63, 3.8) is 0 Å². The molecule has 1 N–H and O–H groups in total. The van der Waals surface area contributed by atoms with Gasteiger partial charge in [-0.3, -0.25) is 4.79 Å². The molecule has 0 unspecified atom stereocenters. The zero-order valence-electron chi connectivity index (χ0n) is 12.1. The number of carbonyl (C=O) groups excluding carboxylic acids is 1. The summed E-state index contributed by atoms with van der Waals surface area (Å²) in [7, 11) is -3.42. The quantitative estimate of drug-likeness (QED) is 0.899. The van der Waals surface area contributed by atoms with Crippen molar-refractivity contribution in [2.45, 2.75) is 12.2 Å². The molecule has 0 bridgehead atoms. The van der Waals surface area contributed by atoms with Gasteiger partial charge in [0.15, 0.2) is 9.84 Å². The number of sulfone groups is 1. The van der Waals surface area contributed by atoms with Gasteiger partial charge in [0, 0.05) is 24.3 Å². The van der Waals surface area contributed by atoms with Crippen LogP contribution < -0.4 is 10.1 Å². The fraction of sp³-hybridized carbons (Fsp3) is 0.214. The van der Waals surface area contributed by atoms with Crippen LogP contribution in [0.2, 0.25) is 0 Å². The van der Waals surface area contributed by atoms with Crippen LogP contribution in [0, 0.1) is 0 Å². The molecular formula is C14H15N3O4S. The van der Waals surface area contributed by atoms with E-state index in [4.69, 9.17) is 4.74 Å². The summed E-state index contributed by atoms with van der Waals surface area (Å²) in [6, 6.07) is 8.34. The Hall–Kier alpha value is -2.48. The standard InChI is InChI=1S/C14H15N3O4S/c1-10(22(2,19)20)13(18)17-11-4-6-12(7-5-11)21-14-15-8-3-9-16-14/h3-10H,1-2H3,(H,17,18)/t10-/m0/s1. The maximum Gasteiger partial charge on any atom is 0.321 e. The Bertz CT molecular complexity index is 745. The van der Waals surface area contributed by atoms with Crippen molar-refractivity contribution in [3.05, 3.63) is 42.7 Å². The highest BCUT2D eigenvalue weighted by Crippen LogP contribution is 2.20. The van der Waals surface area contributed by atoms with Crippen LogP contribution in [0.1, 0.15) is 6.92 Å². The third-order valence-electron chi connectivity index (χ3n) is 2.88. The van der Waals surface area contributed by atoms with E-state index in [1.807, 2.05) is 0 Å². The molecule has 1 heterocycles. The summed E-state index contributed by atoms with van der Waals surface area (Å²) in [6.45, 7) is 1.34. The number of rotatable bonds is 5. The Morgan fingerprint density at radius 1 is 1.18 bits per heavy atom. The van der Waals surface area contributed by atoms with Crippen molar-refractivity contribution in [3.8, 4) is 11.8 Å². The first kappa shape index (κ1) is 15.9. The zero-order chi connectivity index (χ0) is 16.2. The van der Waals surface area contributed by atoms with E-state index in [1.54, 1.807) is 42.7 Å². The minimum absolute atomic E-state index is 0.213. The van der Waals surface area contributed by atoms with Crippen LogP contribution in [-0.4, -0.2) is 35.8 Å². The van der Waals surface area contributed by atoms with Crippen molar-refractivity contribution < 1.29 is 17.9 Å². The van der Waals surface area contributed by atoms with Gasteiger partial charge in [-0.15, -0.1) is 0 Å². The number of carbonyl (C=O) groups is 1. The van der Waals surface area contributed by atoms with Crippen molar-refractivity contribution in [1.82, 2.24) is 9.97 Å². The summed E-state index contributed by atoms with van der Waals surface area (Å²) in [5.41, 5.74) is 0.474. The normalized spacial score (nSPS) is 12.5. The summed E-state index contributed by atoms with van der Waals surface area (Å²) in [5.74, 6) is -0.0806. The van der Waals surface area contributed by atoms with Crippen LogP contribution in [0.3, 0.4) is 0 Å². The van der Waals surface area contributed by atoms with Gasteiger partial charge in [-0.1, -0.05) is 0 Å². The fourth-order valence-corrected chi connectivity index (χ4v) is 1.94. The predicted octanol–water partition coefficient (Wildman–Crippen LogP) is 1.64. The van der Waals surface area contributed by atoms with Crippen LogP contribution in [0.25, 0.3) is 0 Å². The van der Waals surface area contributed by atoms with Gasteiger partial charge in [0.2, 0.25) is 5.91 Å². The number of aromatic nitrogens is 2. The molecule has 22 heavy (non-hydrogen) atoms. The second kappa shape index (κ2) is 6.52. The highest BCUT2D eigenvalue weighted by Gasteiger charge is 2.23. The predicted molar refractivity (Wildman–Crippen MR) is 81.5 cm³/mol. The molecular weight excluding hydrogens is 306 g/mol. The average Bonchev–Trinajstić information content (AvgIpc) is 2.48. The fourth-order valence-electron chi connectivity index (χ4n) is 1.49. The van der Waals surface area contributed by atoms with Gasteiger partial charge in [-0.2, -0.15) is 0 Å². The number of hydrogen-bond donors (Lipinski definition) is 1. The molecule has 7 nitrogen and oxygen atoms in total. The molecule has 116 valence electrons. The lowest BCUT2D eigenvalue weighted by molar-refractivity contribution is -0.115. The number of nitrogens with zero attached hydrogens (tertiary/aromatic N) is 2. The molecule has 0 spiro atoms. The molecule has 1 atom stereocenters. The lowest BCUT2D eigenvalue weighted by Gasteiger charge is -2.11. The lowest BCUT2D eigenvalue weighted by atomic mass is 10.3. The summed E-state index contributed by atoms with van der Waals surface area (Å²) >= 11 is 0. The van der Waals surface area contributed by atoms with Crippen LogP contribution >= 0.6 is 0 Å². The van der Waals surface area contributed by atoms with E-state index in [0.29, 0.717) is 11.4 Å². The van der Waals surface area contributed by atoms with Gasteiger partial charge in [0.05, 0.1) is 0 Å². The third-order valence-corrected chi connectivity index (χ3v) is 4.38. The van der Waals surface area contributed by atoms with E-state index in [2.05, 4.69) is 15.3 Å². The highest BCUT2D eigenvalue weighted by molar-refractivity contribution is 7.92. The van der Waals surface area contributed by atoms with E-state index >= 15 is 0 Å². The minimum atomic E-state index is -3.42. The van der Waals surface area contributed by atoms with Crippen LogP contribution in [0.5, 0.6) is 11.8 Å². The SMILES string of the molecule is C[C@@H](C(=O)Nc1ccc(Oc2ncccn2)cc1)S(C)(=O)=O. The number of nitrogens with one attached hydrogen (secondary N) is 1. The Balaban J connectivity index is 2.02. The molecule has 0 radical (unpaired) electrons. The maximum absolute atomic E-state index is 11.8. The first-order valence-electron chi connectivity index (χ1n) is 6.41. The Morgan fingerprint density at radius 2 is 1.77 bits per heavy atom. The lowest BCUT2D eigenvalue weighted by Crippen LogP contribution is -2.31. The van der Waals surface area contributed by atoms with E-state index in [0.717, 1.165) is 6.26 Å². The number of amides is 1. The van der Waals surface area contributed by atoms with Gasteiger partial charge in [-0.05, 0) is 37.3 Å². The molecule has 1 amide bonds. The highest BCUT2D eigenvalue weighted by atomic mass is 32.2. The topological polar surface area (TPSA) is 98.2 Å². The molecule has 2 rings (SSSR count). The molecule has 1 aromatic heterocycles. The van der Waals surface area contributed by atoms with Crippen LogP contribution in [0.15, 0.2) is 42.7 Å². The minimum Gasteiger partial charge on any atom is -0.424 e. The van der Waals surface area contributed by atoms with Crippen molar-refractivity contribution in [2.75, 3.05) is 11.6 Å². The van der Waals surface area contributed by atoms with Gasteiger partial charge in [-0.25, -0.2) is 18.4 Å². The Labute approximate surface area is 128 Å². The molecule has 0 aliphatic carbocycles. The first-order valence-corrected chi connectivity index (χ1v) is 8.36. The maximum atomic E-state index is 11.8. The third kappa shape index (κ3) is 4.26. The molecule has 0 saturated carbocycles. The number of benzene rings is 1. The van der Waals surface area contributed by atoms with E-state index in [9.17, 15) is 13.2 Å². The molecule has 1 aromatic carbocycles. The molecule has 0 aliphatic heterocycles. The van der Waals surface area contributed by atoms with Gasteiger partial charge >= 0.3 is 6.01 Å². The van der Waals surface area contributed by atoms with E-state index in [-0.39, 0.29) is 6.01 Å². The largest absolute Gasteiger partial charge is 0.424 e. The average molecular weight is 321 g/mol. The van der Waals surface area contributed by atoms with Crippen LogP contribution in [-0.2, 0) is 14.6 Å². The smallest absolute Gasteiger partial charge is 0.321 e. The summed E-state index contributed by atoms with van der Waals surface area (Å²) in [4.78, 5) is 19.6. The van der Waals surface area contributed by atoms with E-state index in [1.165, 1.54) is 6.92 Å². The second-order valence-corrected chi connectivity index (χ2v) is 6.98. The summed E-state index contributed by atoms with van der Waals surface area (Å²) in [5, 5.41) is 1.42. The van der Waals surface area contributed by atoms with Gasteiger partial charge < -0.3 is 10.1 Å². The van der Waals surface area contributed by atoms with Crippen molar-refractivity contribution in [1.29, 1.82) is 0 Å². The molecule has 0 saturated heterocycles. The Kier molecular flexibility index (Phi) is 4.71. The second-order valence-electron chi connectivity index (χ2n) is 4.62. The number of ether oxygens (including phenoxy) is 1. The van der Waals surface area contributed by atoms with Crippen molar-refractivity contribution in [2.24, 2.45) is 0 Å². The van der Waals surface area contributed by atoms with Gasteiger partial charge in [0.1, 0.15) is 11.0 Å². The number of hydrogen-bond acceptors (Lipinski definition) is 6. The molecule has 0 fully saturated rings. The first-order chi connectivity index (χ1) is 10.4. The number of anilines is 1. The van der Waals surface area contributed by atoms with Crippen molar-refractivity contribution >= 4 is 21.4 Å². The van der Waals surface area contributed by atoms with Gasteiger partial charge in [0.25, 0.3) is 0 Å². The molecule has 8 heteroatoms. The Morgan fingerprint density at radius 3 is 2.32 bits per heavy atom. The summed E-state index contributed by atoms with van der Waals surface area (Å²) < 4.78 is 28.1. The summed E-state index contributed by atoms with van der Waals surface area (Å²) in [6.07, 6.45) is 4.14. The van der Waals surface area contributed by atoms with E-state index < -0.39 is 21.0 Å². The zero-order valence-corrected chi connectivity index (χ0v) is 12.9. The van der Waals surface area contributed by atoms with Crippen LogP contribution in [0.4, 0.5) is 5.69 Å². The molecule has 0 aliphatic rings. The molecule has 2 aromatic rings. The monoisotopic (exact) mass is 321 g/mol.